The van der Waals surface area contributed by atoms with E-state index in [0.717, 1.165) is 36.5 Å². The van der Waals surface area contributed by atoms with Crippen molar-refractivity contribution in [2.45, 2.75) is 50.0 Å². The first-order chi connectivity index (χ1) is 16.0. The number of carbonyl (C=O) groups excluding carboxylic acids is 1. The van der Waals surface area contributed by atoms with Gasteiger partial charge in [-0.1, -0.05) is 50.1 Å². The van der Waals surface area contributed by atoms with Crippen molar-refractivity contribution in [2.24, 2.45) is 0 Å². The summed E-state index contributed by atoms with van der Waals surface area (Å²) in [5.74, 6) is 0.364. The van der Waals surface area contributed by atoms with Crippen LogP contribution in [0.2, 0.25) is 0 Å². The van der Waals surface area contributed by atoms with Gasteiger partial charge < -0.3 is 10.1 Å². The van der Waals surface area contributed by atoms with E-state index in [9.17, 15) is 13.2 Å². The van der Waals surface area contributed by atoms with Gasteiger partial charge in [0.15, 0.2) is 6.10 Å². The van der Waals surface area contributed by atoms with Gasteiger partial charge in [0.1, 0.15) is 5.75 Å². The molecule has 0 saturated carbocycles. The fourth-order valence-corrected chi connectivity index (χ4v) is 5.61. The summed E-state index contributed by atoms with van der Waals surface area (Å²) in [5, 5.41) is 5.00. The molecule has 4 rings (SSSR count). The second-order valence-corrected chi connectivity index (χ2v) is 10.3. The maximum Gasteiger partial charge on any atom is 0.265 e. The number of hydrogen-bond acceptors (Lipinski definition) is 4. The molecule has 0 aliphatic carbocycles. The molecular formula is C26H30N2O4S. The van der Waals surface area contributed by atoms with Gasteiger partial charge >= 0.3 is 0 Å². The Kier molecular flexibility index (Phi) is 7.30. The van der Waals surface area contributed by atoms with Gasteiger partial charge in [-0.15, -0.1) is 0 Å². The zero-order chi connectivity index (χ0) is 23.3. The Morgan fingerprint density at radius 2 is 1.61 bits per heavy atom. The van der Waals surface area contributed by atoms with E-state index in [1.54, 1.807) is 28.6 Å². The van der Waals surface area contributed by atoms with Gasteiger partial charge in [-0.05, 0) is 66.4 Å². The van der Waals surface area contributed by atoms with Crippen molar-refractivity contribution in [2.75, 3.05) is 18.4 Å². The summed E-state index contributed by atoms with van der Waals surface area (Å²) in [6.45, 7) is 3.01. The lowest BCUT2D eigenvalue weighted by Gasteiger charge is -2.20. The molecule has 3 aromatic carbocycles. The van der Waals surface area contributed by atoms with Gasteiger partial charge in [0.2, 0.25) is 10.0 Å². The molecule has 33 heavy (non-hydrogen) atoms. The number of nitrogens with one attached hydrogen (secondary N) is 1. The Bertz CT molecular complexity index is 1200. The number of hydrogen-bond donors (Lipinski definition) is 1. The van der Waals surface area contributed by atoms with E-state index >= 15 is 0 Å². The Labute approximate surface area is 195 Å². The fourth-order valence-electron chi connectivity index (χ4n) is 4.09. The van der Waals surface area contributed by atoms with Crippen LogP contribution in [-0.2, 0) is 14.8 Å². The first-order valence-electron chi connectivity index (χ1n) is 11.5. The van der Waals surface area contributed by atoms with Crippen molar-refractivity contribution >= 4 is 32.4 Å². The molecule has 1 aliphatic rings. The quantitative estimate of drug-likeness (QED) is 0.519. The lowest BCUT2D eigenvalue weighted by atomic mass is 10.1. The number of carbonyl (C=O) groups is 1. The van der Waals surface area contributed by atoms with Crippen LogP contribution in [0.15, 0.2) is 71.6 Å². The van der Waals surface area contributed by atoms with Crippen LogP contribution in [0.5, 0.6) is 5.75 Å². The van der Waals surface area contributed by atoms with E-state index in [2.05, 4.69) is 5.32 Å². The van der Waals surface area contributed by atoms with E-state index in [4.69, 9.17) is 4.74 Å². The van der Waals surface area contributed by atoms with E-state index in [-0.39, 0.29) is 10.8 Å². The van der Waals surface area contributed by atoms with E-state index in [1.807, 2.05) is 49.4 Å². The highest BCUT2D eigenvalue weighted by molar-refractivity contribution is 7.89. The van der Waals surface area contributed by atoms with Crippen LogP contribution in [0.1, 0.15) is 39.0 Å². The highest BCUT2D eigenvalue weighted by Crippen LogP contribution is 2.24. The summed E-state index contributed by atoms with van der Waals surface area (Å²) < 4.78 is 33.4. The normalized spacial score (nSPS) is 16.2. The summed E-state index contributed by atoms with van der Waals surface area (Å²) in [4.78, 5) is 13.1. The minimum Gasteiger partial charge on any atom is -0.481 e. The molecule has 1 saturated heterocycles. The third kappa shape index (κ3) is 5.54. The average molecular weight is 467 g/mol. The van der Waals surface area contributed by atoms with Crippen LogP contribution in [0.3, 0.4) is 0 Å². The van der Waals surface area contributed by atoms with Gasteiger partial charge in [0, 0.05) is 18.8 Å². The Morgan fingerprint density at radius 3 is 2.27 bits per heavy atom. The Morgan fingerprint density at radius 1 is 0.939 bits per heavy atom. The fraction of sp³-hybridized carbons (Fsp3) is 0.346. The molecule has 0 spiro atoms. The molecule has 7 heteroatoms. The first kappa shape index (κ1) is 23.3. The predicted octanol–water partition coefficient (Wildman–Crippen LogP) is 5.20. The molecule has 3 aromatic rings. The number of amides is 1. The zero-order valence-electron chi connectivity index (χ0n) is 18.9. The van der Waals surface area contributed by atoms with E-state index in [0.29, 0.717) is 30.9 Å². The lowest BCUT2D eigenvalue weighted by Crippen LogP contribution is -2.32. The van der Waals surface area contributed by atoms with E-state index in [1.165, 1.54) is 0 Å². The van der Waals surface area contributed by atoms with Crippen molar-refractivity contribution < 1.29 is 17.9 Å². The molecule has 6 nitrogen and oxygen atoms in total. The zero-order valence-corrected chi connectivity index (χ0v) is 19.7. The maximum atomic E-state index is 12.9. The van der Waals surface area contributed by atoms with Crippen LogP contribution in [0.25, 0.3) is 10.8 Å². The number of fused-ring (bicyclic) bond motifs is 1. The number of anilines is 1. The van der Waals surface area contributed by atoms with Gasteiger partial charge in [-0.3, -0.25) is 4.79 Å². The SMILES string of the molecule is CC[C@@H](Oc1ccc2ccccc2c1)C(=O)Nc1ccc(S(=O)(=O)N2CCCCCC2)cc1. The number of sulfonamides is 1. The Hall–Kier alpha value is -2.90. The molecule has 0 bridgehead atoms. The number of benzene rings is 3. The first-order valence-corrected chi connectivity index (χ1v) is 13.0. The maximum absolute atomic E-state index is 12.9. The van der Waals surface area contributed by atoms with Crippen LogP contribution in [0, 0.1) is 0 Å². The third-order valence-electron chi connectivity index (χ3n) is 5.99. The van der Waals surface area contributed by atoms with Crippen molar-refractivity contribution in [3.63, 3.8) is 0 Å². The predicted molar refractivity (Wildman–Crippen MR) is 131 cm³/mol. The van der Waals surface area contributed by atoms with Gasteiger partial charge in [0.05, 0.1) is 4.90 Å². The van der Waals surface area contributed by atoms with Gasteiger partial charge in [-0.2, -0.15) is 4.31 Å². The second kappa shape index (κ2) is 10.4. The largest absolute Gasteiger partial charge is 0.481 e. The van der Waals surface area contributed by atoms with Crippen LogP contribution >= 0.6 is 0 Å². The number of rotatable bonds is 7. The molecule has 1 N–H and O–H groups in total. The highest BCUT2D eigenvalue weighted by atomic mass is 32.2. The summed E-state index contributed by atoms with van der Waals surface area (Å²) >= 11 is 0. The monoisotopic (exact) mass is 466 g/mol. The number of ether oxygens (including phenoxy) is 1. The van der Waals surface area contributed by atoms with Crippen LogP contribution in [0.4, 0.5) is 5.69 Å². The smallest absolute Gasteiger partial charge is 0.265 e. The van der Waals surface area contributed by atoms with E-state index < -0.39 is 16.1 Å². The molecule has 0 unspecified atom stereocenters. The molecule has 1 aliphatic heterocycles. The van der Waals surface area contributed by atoms with Crippen molar-refractivity contribution in [3.8, 4) is 5.75 Å². The van der Waals surface area contributed by atoms with Gasteiger partial charge in [0.25, 0.3) is 5.91 Å². The summed E-state index contributed by atoms with van der Waals surface area (Å²) in [6.07, 6.45) is 3.76. The highest BCUT2D eigenvalue weighted by Gasteiger charge is 2.25. The second-order valence-electron chi connectivity index (χ2n) is 8.36. The summed E-state index contributed by atoms with van der Waals surface area (Å²) in [5.41, 5.74) is 0.537. The van der Waals surface area contributed by atoms with Crippen molar-refractivity contribution in [3.05, 3.63) is 66.7 Å². The van der Waals surface area contributed by atoms with Gasteiger partial charge in [-0.25, -0.2) is 8.42 Å². The molecular weight excluding hydrogens is 436 g/mol. The molecule has 1 fully saturated rings. The Balaban J connectivity index is 1.42. The summed E-state index contributed by atoms with van der Waals surface area (Å²) in [7, 11) is -3.51. The molecule has 1 heterocycles. The van der Waals surface area contributed by atoms with Crippen molar-refractivity contribution in [1.82, 2.24) is 4.31 Å². The topological polar surface area (TPSA) is 75.7 Å². The van der Waals surface area contributed by atoms with Crippen LogP contribution in [-0.4, -0.2) is 37.8 Å². The third-order valence-corrected chi connectivity index (χ3v) is 7.90. The summed E-state index contributed by atoms with van der Waals surface area (Å²) in [6, 6.07) is 20.1. The standard InChI is InChI=1S/C26H30N2O4S/c1-2-25(32-23-14-11-20-9-5-6-10-21(20)19-23)26(29)27-22-12-15-24(16-13-22)33(30,31)28-17-7-3-4-8-18-28/h5-6,9-16,19,25H,2-4,7-8,17-18H2,1H3,(H,27,29)/t25-/m1/s1. The lowest BCUT2D eigenvalue weighted by molar-refractivity contribution is -0.122. The van der Waals surface area contributed by atoms with Crippen molar-refractivity contribution in [1.29, 1.82) is 0 Å². The minimum absolute atomic E-state index is 0.252. The van der Waals surface area contributed by atoms with Crippen LogP contribution < -0.4 is 10.1 Å². The molecule has 0 radical (unpaired) electrons. The molecule has 0 aromatic heterocycles. The molecule has 174 valence electrons. The average Bonchev–Trinajstić information content (AvgIpc) is 3.13. The number of nitrogens with zero attached hydrogens (tertiary/aromatic N) is 1. The molecule has 1 atom stereocenters. The minimum atomic E-state index is -3.51. The molecule has 1 amide bonds.